The number of cyclic esters (lactones) is 1. The van der Waals surface area contributed by atoms with Crippen molar-refractivity contribution in [2.45, 2.75) is 26.4 Å². The van der Waals surface area contributed by atoms with Crippen LogP contribution in [0.25, 0.3) is 16.7 Å². The van der Waals surface area contributed by atoms with Crippen LogP contribution in [0.5, 0.6) is 0 Å². The third-order valence-corrected chi connectivity index (χ3v) is 4.80. The Morgan fingerprint density at radius 2 is 1.93 bits per heavy atom. The molecular weight excluding hydrogens is 362 g/mol. The number of esters is 1. The smallest absolute Gasteiger partial charge is 0.344 e. The van der Waals surface area contributed by atoms with Crippen molar-refractivity contribution in [1.29, 1.82) is 0 Å². The number of hydrogen-bond donors (Lipinski definition) is 2. The number of carbonyl (C=O) groups is 2. The van der Waals surface area contributed by atoms with Gasteiger partial charge in [-0.25, -0.2) is 14.5 Å². The third kappa shape index (κ3) is 2.77. The van der Waals surface area contributed by atoms with E-state index >= 15 is 0 Å². The van der Waals surface area contributed by atoms with E-state index in [0.717, 1.165) is 0 Å². The third-order valence-electron chi connectivity index (χ3n) is 4.80. The van der Waals surface area contributed by atoms with Crippen molar-refractivity contribution in [2.75, 3.05) is 5.32 Å². The Balaban J connectivity index is 1.60. The average molecular weight is 379 g/mol. The molecule has 3 heterocycles. The molecule has 0 aliphatic carbocycles. The Labute approximate surface area is 159 Å². The number of fused-ring (bicyclic) bond motifs is 1. The molecule has 0 saturated carbocycles. The highest BCUT2D eigenvalue weighted by molar-refractivity contribution is 6.23. The Kier molecular flexibility index (Phi) is 3.88. The van der Waals surface area contributed by atoms with E-state index in [0.29, 0.717) is 28.0 Å². The van der Waals surface area contributed by atoms with E-state index in [2.05, 4.69) is 20.4 Å². The SMILES string of the molecule is CC1=C(C(=O)Nc2ccc(-n3ncc4c(=O)[nH]cnc43)cc2)C(=O)OC1(C)C. The summed E-state index contributed by atoms with van der Waals surface area (Å²) < 4.78 is 6.76. The number of ether oxygens (including phenoxy) is 1. The standard InChI is InChI=1S/C19H17N5O4/c1-10-14(18(27)28-19(10,2)3)17(26)23-11-4-6-12(7-5-11)24-15-13(8-22-24)16(25)21-9-20-15/h4-9H,1-3H3,(H,23,26)(H,20,21,25). The molecule has 142 valence electrons. The van der Waals surface area contributed by atoms with Crippen LogP contribution in [0, 0.1) is 0 Å². The molecular formula is C19H17N5O4. The van der Waals surface area contributed by atoms with Crippen molar-refractivity contribution >= 4 is 28.6 Å². The second-order valence-electron chi connectivity index (χ2n) is 6.93. The lowest BCUT2D eigenvalue weighted by Crippen LogP contribution is -2.21. The maximum absolute atomic E-state index is 12.5. The molecule has 3 aromatic rings. The normalized spacial score (nSPS) is 15.8. The molecule has 0 bridgehead atoms. The van der Waals surface area contributed by atoms with Gasteiger partial charge in [-0.3, -0.25) is 9.59 Å². The minimum absolute atomic E-state index is 0.0237. The second-order valence-corrected chi connectivity index (χ2v) is 6.93. The van der Waals surface area contributed by atoms with Gasteiger partial charge in [0.05, 0.1) is 18.2 Å². The van der Waals surface area contributed by atoms with E-state index < -0.39 is 17.5 Å². The van der Waals surface area contributed by atoms with Gasteiger partial charge < -0.3 is 15.0 Å². The highest BCUT2D eigenvalue weighted by Crippen LogP contribution is 2.32. The first-order chi connectivity index (χ1) is 13.3. The lowest BCUT2D eigenvalue weighted by atomic mass is 9.97. The predicted molar refractivity (Wildman–Crippen MR) is 101 cm³/mol. The number of nitrogens with one attached hydrogen (secondary N) is 2. The first kappa shape index (κ1) is 17.7. The van der Waals surface area contributed by atoms with Crippen LogP contribution in [-0.4, -0.2) is 37.2 Å². The lowest BCUT2D eigenvalue weighted by molar-refractivity contribution is -0.145. The molecule has 28 heavy (non-hydrogen) atoms. The fourth-order valence-corrected chi connectivity index (χ4v) is 3.00. The predicted octanol–water partition coefficient (Wildman–Crippen LogP) is 1.70. The minimum Gasteiger partial charge on any atom is -0.451 e. The Hall–Kier alpha value is -3.75. The zero-order valence-electron chi connectivity index (χ0n) is 15.4. The zero-order chi connectivity index (χ0) is 20.1. The van der Waals surface area contributed by atoms with Crippen LogP contribution >= 0.6 is 0 Å². The molecule has 0 atom stereocenters. The van der Waals surface area contributed by atoms with Gasteiger partial charge in [-0.15, -0.1) is 0 Å². The monoisotopic (exact) mass is 379 g/mol. The van der Waals surface area contributed by atoms with E-state index in [1.54, 1.807) is 45.0 Å². The second kappa shape index (κ2) is 6.15. The van der Waals surface area contributed by atoms with E-state index in [-0.39, 0.29) is 11.1 Å². The number of rotatable bonds is 3. The molecule has 0 spiro atoms. The summed E-state index contributed by atoms with van der Waals surface area (Å²) >= 11 is 0. The number of nitrogens with zero attached hydrogens (tertiary/aromatic N) is 3. The Bertz CT molecular complexity index is 1200. The molecule has 1 aliphatic rings. The summed E-state index contributed by atoms with van der Waals surface area (Å²) in [7, 11) is 0. The lowest BCUT2D eigenvalue weighted by Gasteiger charge is -2.17. The Morgan fingerprint density at radius 1 is 1.21 bits per heavy atom. The van der Waals surface area contributed by atoms with Crippen LogP contribution < -0.4 is 10.9 Å². The minimum atomic E-state index is -0.792. The molecule has 0 fully saturated rings. The van der Waals surface area contributed by atoms with Gasteiger partial charge in [-0.2, -0.15) is 5.10 Å². The number of H-pyrrole nitrogens is 1. The topological polar surface area (TPSA) is 119 Å². The van der Waals surface area contributed by atoms with Crippen LogP contribution in [0.3, 0.4) is 0 Å². The highest BCUT2D eigenvalue weighted by Gasteiger charge is 2.40. The molecule has 0 radical (unpaired) electrons. The van der Waals surface area contributed by atoms with E-state index in [1.165, 1.54) is 17.2 Å². The fraction of sp³-hybridized carbons (Fsp3) is 0.211. The van der Waals surface area contributed by atoms with Gasteiger partial charge in [-0.05, 0) is 50.6 Å². The number of anilines is 1. The van der Waals surface area contributed by atoms with Gasteiger partial charge in [-0.1, -0.05) is 0 Å². The number of amides is 1. The summed E-state index contributed by atoms with van der Waals surface area (Å²) in [5, 5.41) is 7.28. The van der Waals surface area contributed by atoms with Crippen molar-refractivity contribution in [3.05, 3.63) is 58.3 Å². The molecule has 0 saturated heterocycles. The summed E-state index contributed by atoms with van der Waals surface area (Å²) in [4.78, 5) is 43.0. The van der Waals surface area contributed by atoms with Crippen LogP contribution in [-0.2, 0) is 14.3 Å². The summed E-state index contributed by atoms with van der Waals surface area (Å²) in [5.74, 6) is -1.14. The quantitative estimate of drug-likeness (QED) is 0.528. The van der Waals surface area contributed by atoms with Crippen molar-refractivity contribution < 1.29 is 14.3 Å². The zero-order valence-corrected chi connectivity index (χ0v) is 15.4. The summed E-state index contributed by atoms with van der Waals surface area (Å²) in [6.45, 7) is 5.19. The molecule has 1 amide bonds. The molecule has 0 unspecified atom stereocenters. The number of benzene rings is 1. The van der Waals surface area contributed by atoms with Crippen LogP contribution in [0.15, 0.2) is 52.7 Å². The molecule has 9 heteroatoms. The number of carbonyl (C=O) groups excluding carboxylic acids is 2. The maximum atomic E-state index is 12.5. The van der Waals surface area contributed by atoms with Crippen LogP contribution in [0.4, 0.5) is 5.69 Å². The molecule has 4 rings (SSSR count). The highest BCUT2D eigenvalue weighted by atomic mass is 16.6. The van der Waals surface area contributed by atoms with E-state index in [9.17, 15) is 14.4 Å². The van der Waals surface area contributed by atoms with Gasteiger partial charge in [0.1, 0.15) is 16.6 Å². The van der Waals surface area contributed by atoms with Crippen molar-refractivity contribution in [2.24, 2.45) is 0 Å². The van der Waals surface area contributed by atoms with Gasteiger partial charge >= 0.3 is 5.97 Å². The van der Waals surface area contributed by atoms with E-state index in [4.69, 9.17) is 4.74 Å². The molecule has 9 nitrogen and oxygen atoms in total. The van der Waals surface area contributed by atoms with Gasteiger partial charge in [0.2, 0.25) is 0 Å². The molecule has 1 aliphatic heterocycles. The number of hydrogen-bond acceptors (Lipinski definition) is 6. The largest absolute Gasteiger partial charge is 0.451 e. The number of aromatic nitrogens is 4. The first-order valence-electron chi connectivity index (χ1n) is 8.56. The molecule has 1 aromatic carbocycles. The van der Waals surface area contributed by atoms with Crippen LogP contribution in [0.1, 0.15) is 20.8 Å². The van der Waals surface area contributed by atoms with Gasteiger partial charge in [0, 0.05) is 5.69 Å². The van der Waals surface area contributed by atoms with Gasteiger partial charge in [0.25, 0.3) is 11.5 Å². The maximum Gasteiger partial charge on any atom is 0.344 e. The van der Waals surface area contributed by atoms with Crippen molar-refractivity contribution in [1.82, 2.24) is 19.7 Å². The fourth-order valence-electron chi connectivity index (χ4n) is 3.00. The summed E-state index contributed by atoms with van der Waals surface area (Å²) in [6.07, 6.45) is 2.76. The summed E-state index contributed by atoms with van der Waals surface area (Å²) in [6, 6.07) is 6.80. The molecule has 2 aromatic heterocycles. The van der Waals surface area contributed by atoms with Crippen LogP contribution in [0.2, 0.25) is 0 Å². The van der Waals surface area contributed by atoms with E-state index in [1.807, 2.05) is 0 Å². The summed E-state index contributed by atoms with van der Waals surface area (Å²) in [5.41, 5.74) is 1.16. The van der Waals surface area contributed by atoms with Crippen molar-refractivity contribution in [3.8, 4) is 5.69 Å². The first-order valence-corrected chi connectivity index (χ1v) is 8.56. The number of aromatic amines is 1. The Morgan fingerprint density at radius 3 is 2.57 bits per heavy atom. The average Bonchev–Trinajstić information content (AvgIpc) is 3.15. The van der Waals surface area contributed by atoms with Gasteiger partial charge in [0.15, 0.2) is 5.65 Å². The molecule has 2 N–H and O–H groups in total. The van der Waals surface area contributed by atoms with Crippen molar-refractivity contribution in [3.63, 3.8) is 0 Å².